The lowest BCUT2D eigenvalue weighted by Crippen LogP contribution is -2.35. The highest BCUT2D eigenvalue weighted by Crippen LogP contribution is 2.34. The third-order valence-electron chi connectivity index (χ3n) is 5.59. The molecular formula is C21H22N4O2S. The fourth-order valence-electron chi connectivity index (χ4n) is 4.15. The van der Waals surface area contributed by atoms with Crippen LogP contribution in [0.15, 0.2) is 30.6 Å². The molecule has 3 heterocycles. The summed E-state index contributed by atoms with van der Waals surface area (Å²) >= 11 is 1.44. The van der Waals surface area contributed by atoms with Crippen LogP contribution in [0.3, 0.4) is 0 Å². The number of carbonyl (C=O) groups is 1. The van der Waals surface area contributed by atoms with Gasteiger partial charge in [-0.25, -0.2) is 9.97 Å². The minimum Gasteiger partial charge on any atom is -0.379 e. The molecule has 1 atom stereocenters. The van der Waals surface area contributed by atoms with Gasteiger partial charge in [-0.2, -0.15) is 0 Å². The van der Waals surface area contributed by atoms with Crippen LogP contribution in [-0.2, 0) is 17.6 Å². The van der Waals surface area contributed by atoms with Crippen molar-refractivity contribution in [3.8, 4) is 0 Å². The molecule has 6 nitrogen and oxygen atoms in total. The molecule has 1 amide bonds. The second-order valence-corrected chi connectivity index (χ2v) is 8.51. The Hall–Kier alpha value is -2.51. The first-order valence-corrected chi connectivity index (χ1v) is 10.5. The van der Waals surface area contributed by atoms with Crippen molar-refractivity contribution in [3.63, 3.8) is 0 Å². The molecule has 1 fully saturated rings. The number of thiophene rings is 1. The van der Waals surface area contributed by atoms with E-state index in [1.165, 1.54) is 22.5 Å². The molecule has 28 heavy (non-hydrogen) atoms. The molecule has 2 N–H and O–H groups in total. The van der Waals surface area contributed by atoms with Crippen molar-refractivity contribution in [2.24, 2.45) is 0 Å². The molecule has 0 radical (unpaired) electrons. The highest BCUT2D eigenvalue weighted by molar-refractivity contribution is 7.20. The summed E-state index contributed by atoms with van der Waals surface area (Å²) < 4.78 is 5.45. The quantitative estimate of drug-likeness (QED) is 0.711. The number of hydrogen-bond acceptors (Lipinski definition) is 6. The molecule has 1 aromatic carbocycles. The number of anilines is 1. The second-order valence-electron chi connectivity index (χ2n) is 7.51. The number of hydrogen-bond donors (Lipinski definition) is 2. The van der Waals surface area contributed by atoms with Crippen molar-refractivity contribution in [1.82, 2.24) is 15.3 Å². The van der Waals surface area contributed by atoms with Gasteiger partial charge in [-0.3, -0.25) is 4.79 Å². The van der Waals surface area contributed by atoms with E-state index in [9.17, 15) is 4.79 Å². The number of ether oxygens (including phenoxy) is 1. The molecular weight excluding hydrogens is 372 g/mol. The van der Waals surface area contributed by atoms with Gasteiger partial charge < -0.3 is 15.4 Å². The van der Waals surface area contributed by atoms with Crippen LogP contribution >= 0.6 is 11.3 Å². The molecule has 2 aliphatic rings. The first-order chi connectivity index (χ1) is 13.7. The number of aromatic nitrogens is 2. The van der Waals surface area contributed by atoms with Crippen molar-refractivity contribution in [2.75, 3.05) is 18.5 Å². The fourth-order valence-corrected chi connectivity index (χ4v) is 5.20. The molecule has 144 valence electrons. The Morgan fingerprint density at radius 2 is 1.96 bits per heavy atom. The van der Waals surface area contributed by atoms with E-state index in [0.29, 0.717) is 6.61 Å². The molecule has 1 saturated heterocycles. The molecule has 7 heteroatoms. The first-order valence-electron chi connectivity index (χ1n) is 9.65. The second kappa shape index (κ2) is 7.14. The third kappa shape index (κ3) is 3.14. The number of aryl methyl sites for hydroxylation is 1. The van der Waals surface area contributed by atoms with E-state index in [-0.39, 0.29) is 18.0 Å². The SMILES string of the molecule is Cc1c(C(=O)NC2Cc3ccccc3C2)sc2ncnc(NC3CCOC3)c12. The van der Waals surface area contributed by atoms with Gasteiger partial charge in [0.2, 0.25) is 0 Å². The Labute approximate surface area is 167 Å². The van der Waals surface area contributed by atoms with Gasteiger partial charge in [0, 0.05) is 12.6 Å². The van der Waals surface area contributed by atoms with Gasteiger partial charge in [-0.1, -0.05) is 24.3 Å². The Bertz CT molecular complexity index is 1020. The monoisotopic (exact) mass is 394 g/mol. The van der Waals surface area contributed by atoms with Crippen molar-refractivity contribution in [2.45, 2.75) is 38.3 Å². The van der Waals surface area contributed by atoms with E-state index in [2.05, 4.69) is 44.9 Å². The van der Waals surface area contributed by atoms with E-state index in [4.69, 9.17) is 4.74 Å². The molecule has 1 aliphatic heterocycles. The number of nitrogens with one attached hydrogen (secondary N) is 2. The standard InChI is InChI=1S/C21H22N4O2S/c1-12-17-19(24-15-6-7-27-10-15)22-11-23-21(17)28-18(12)20(26)25-16-8-13-4-2-3-5-14(13)9-16/h2-5,11,15-16H,6-10H2,1H3,(H,25,26)(H,22,23,24). The highest BCUT2D eigenvalue weighted by atomic mass is 32.1. The molecule has 0 spiro atoms. The van der Waals surface area contributed by atoms with Gasteiger partial charge in [0.1, 0.15) is 17.0 Å². The lowest BCUT2D eigenvalue weighted by molar-refractivity contribution is 0.0942. The average Bonchev–Trinajstić information content (AvgIpc) is 3.41. The summed E-state index contributed by atoms with van der Waals surface area (Å²) in [5.74, 6) is 0.773. The minimum absolute atomic E-state index is 0.0199. The first kappa shape index (κ1) is 17.6. The summed E-state index contributed by atoms with van der Waals surface area (Å²) in [6.45, 7) is 3.44. The summed E-state index contributed by atoms with van der Waals surface area (Å²) in [6.07, 6.45) is 4.30. The Morgan fingerprint density at radius 1 is 1.18 bits per heavy atom. The van der Waals surface area contributed by atoms with Crippen molar-refractivity contribution in [3.05, 3.63) is 52.2 Å². The highest BCUT2D eigenvalue weighted by Gasteiger charge is 2.26. The van der Waals surface area contributed by atoms with E-state index < -0.39 is 0 Å². The topological polar surface area (TPSA) is 76.1 Å². The van der Waals surface area contributed by atoms with Gasteiger partial charge in [0.25, 0.3) is 5.91 Å². The molecule has 1 aliphatic carbocycles. The van der Waals surface area contributed by atoms with Gasteiger partial charge in [-0.15, -0.1) is 11.3 Å². The largest absolute Gasteiger partial charge is 0.379 e. The third-order valence-corrected chi connectivity index (χ3v) is 6.79. The lowest BCUT2D eigenvalue weighted by atomic mass is 10.1. The average molecular weight is 395 g/mol. The summed E-state index contributed by atoms with van der Waals surface area (Å²) in [5, 5.41) is 7.62. The Balaban J connectivity index is 1.38. The van der Waals surface area contributed by atoms with Crippen molar-refractivity contribution < 1.29 is 9.53 Å². The summed E-state index contributed by atoms with van der Waals surface area (Å²) in [6, 6.07) is 8.81. The molecule has 3 aromatic rings. The molecule has 2 aromatic heterocycles. The fraction of sp³-hybridized carbons (Fsp3) is 0.381. The number of benzene rings is 1. The summed E-state index contributed by atoms with van der Waals surface area (Å²) in [4.78, 5) is 23.4. The lowest BCUT2D eigenvalue weighted by Gasteiger charge is -2.13. The number of nitrogens with zero attached hydrogens (tertiary/aromatic N) is 2. The summed E-state index contributed by atoms with van der Waals surface area (Å²) in [5.41, 5.74) is 3.60. The van der Waals surface area contributed by atoms with Gasteiger partial charge in [-0.05, 0) is 42.9 Å². The predicted molar refractivity (Wildman–Crippen MR) is 110 cm³/mol. The van der Waals surface area contributed by atoms with Crippen LogP contribution in [0, 0.1) is 6.92 Å². The zero-order valence-electron chi connectivity index (χ0n) is 15.7. The summed E-state index contributed by atoms with van der Waals surface area (Å²) in [7, 11) is 0. The maximum atomic E-state index is 13.0. The zero-order chi connectivity index (χ0) is 19.1. The number of fused-ring (bicyclic) bond motifs is 2. The van der Waals surface area contributed by atoms with Crippen LogP contribution in [0.25, 0.3) is 10.2 Å². The van der Waals surface area contributed by atoms with Crippen LogP contribution in [-0.4, -0.2) is 41.2 Å². The van der Waals surface area contributed by atoms with Crippen LogP contribution in [0.2, 0.25) is 0 Å². The number of rotatable bonds is 4. The van der Waals surface area contributed by atoms with Crippen LogP contribution in [0.5, 0.6) is 0 Å². The normalized spacial score (nSPS) is 19.1. The van der Waals surface area contributed by atoms with E-state index in [1.54, 1.807) is 6.33 Å². The zero-order valence-corrected chi connectivity index (χ0v) is 16.5. The van der Waals surface area contributed by atoms with Crippen molar-refractivity contribution in [1.29, 1.82) is 0 Å². The van der Waals surface area contributed by atoms with Crippen LogP contribution in [0.4, 0.5) is 5.82 Å². The van der Waals surface area contributed by atoms with Gasteiger partial charge in [0.05, 0.1) is 22.9 Å². The van der Waals surface area contributed by atoms with Gasteiger partial charge in [0.15, 0.2) is 0 Å². The Kier molecular flexibility index (Phi) is 4.49. The van der Waals surface area contributed by atoms with E-state index in [0.717, 1.165) is 52.3 Å². The molecule has 5 rings (SSSR count). The van der Waals surface area contributed by atoms with Crippen molar-refractivity contribution >= 4 is 33.3 Å². The maximum absolute atomic E-state index is 13.0. The van der Waals surface area contributed by atoms with E-state index >= 15 is 0 Å². The number of carbonyl (C=O) groups excluding carboxylic acids is 1. The number of amides is 1. The maximum Gasteiger partial charge on any atom is 0.261 e. The molecule has 1 unspecified atom stereocenters. The van der Waals surface area contributed by atoms with Crippen LogP contribution < -0.4 is 10.6 Å². The molecule has 0 bridgehead atoms. The smallest absolute Gasteiger partial charge is 0.261 e. The predicted octanol–water partition coefficient (Wildman–Crippen LogP) is 3.10. The molecule has 0 saturated carbocycles. The van der Waals surface area contributed by atoms with Crippen LogP contribution in [0.1, 0.15) is 32.8 Å². The van der Waals surface area contributed by atoms with E-state index in [1.807, 2.05) is 6.92 Å². The Morgan fingerprint density at radius 3 is 2.68 bits per heavy atom. The minimum atomic E-state index is -0.0199. The van der Waals surface area contributed by atoms with Gasteiger partial charge >= 0.3 is 0 Å².